The summed E-state index contributed by atoms with van der Waals surface area (Å²) in [7, 11) is 1.63. The summed E-state index contributed by atoms with van der Waals surface area (Å²) in [6.45, 7) is 0. The Balaban J connectivity index is 2.24. The molecule has 0 aliphatic carbocycles. The first-order valence-corrected chi connectivity index (χ1v) is 6.22. The van der Waals surface area contributed by atoms with Crippen molar-refractivity contribution in [2.45, 2.75) is 6.04 Å². The Morgan fingerprint density at radius 3 is 2.89 bits per heavy atom. The van der Waals surface area contributed by atoms with Crippen LogP contribution in [-0.2, 0) is 0 Å². The molecule has 0 N–H and O–H groups in total. The first-order valence-electron chi connectivity index (χ1n) is 5.34. The van der Waals surface area contributed by atoms with Crippen LogP contribution in [0.4, 0.5) is 0 Å². The van der Waals surface area contributed by atoms with Gasteiger partial charge in [-0.2, -0.15) is 5.26 Å². The molecule has 5 heteroatoms. The van der Waals surface area contributed by atoms with Gasteiger partial charge in [0.15, 0.2) is 0 Å². The third kappa shape index (κ3) is 2.39. The summed E-state index contributed by atoms with van der Waals surface area (Å²) in [4.78, 5) is 18.2. The lowest BCUT2D eigenvalue weighted by molar-refractivity contribution is 0.0768. The smallest absolute Gasteiger partial charge is 0.264 e. The van der Waals surface area contributed by atoms with Crippen LogP contribution in [0.5, 0.6) is 0 Å². The van der Waals surface area contributed by atoms with Crippen molar-refractivity contribution in [2.75, 3.05) is 7.05 Å². The zero-order valence-electron chi connectivity index (χ0n) is 9.78. The number of hydrogen-bond donors (Lipinski definition) is 0. The number of hydrogen-bond acceptors (Lipinski definition) is 4. The lowest BCUT2D eigenvalue weighted by atomic mass is 10.1. The third-order valence-corrected chi connectivity index (χ3v) is 3.42. The zero-order chi connectivity index (χ0) is 13.0. The number of thiophene rings is 1. The second-order valence-corrected chi connectivity index (χ2v) is 4.66. The number of carbonyl (C=O) groups is 1. The number of rotatable bonds is 3. The van der Waals surface area contributed by atoms with Gasteiger partial charge in [0.25, 0.3) is 5.91 Å². The summed E-state index contributed by atoms with van der Waals surface area (Å²) >= 11 is 1.37. The fraction of sp³-hybridized carbons (Fsp3) is 0.154. The Labute approximate surface area is 109 Å². The molecule has 0 aromatic carbocycles. The van der Waals surface area contributed by atoms with Crippen LogP contribution >= 0.6 is 11.3 Å². The van der Waals surface area contributed by atoms with E-state index < -0.39 is 6.04 Å². The van der Waals surface area contributed by atoms with E-state index in [9.17, 15) is 10.1 Å². The molecule has 4 nitrogen and oxygen atoms in total. The van der Waals surface area contributed by atoms with Crippen LogP contribution in [0.25, 0.3) is 0 Å². The zero-order valence-corrected chi connectivity index (χ0v) is 10.6. The Kier molecular flexibility index (Phi) is 3.70. The molecule has 1 unspecified atom stereocenters. The fourth-order valence-corrected chi connectivity index (χ4v) is 2.32. The van der Waals surface area contributed by atoms with Crippen LogP contribution in [-0.4, -0.2) is 22.8 Å². The summed E-state index contributed by atoms with van der Waals surface area (Å²) < 4.78 is 0. The number of pyridine rings is 1. The van der Waals surface area contributed by atoms with Crippen LogP contribution in [0, 0.1) is 11.3 Å². The molecule has 2 aromatic heterocycles. The van der Waals surface area contributed by atoms with E-state index in [2.05, 4.69) is 11.1 Å². The van der Waals surface area contributed by atoms with Crippen LogP contribution in [0.3, 0.4) is 0 Å². The van der Waals surface area contributed by atoms with Gasteiger partial charge >= 0.3 is 0 Å². The summed E-state index contributed by atoms with van der Waals surface area (Å²) in [6, 6.07) is 8.63. The van der Waals surface area contributed by atoms with Gasteiger partial charge in [0.1, 0.15) is 6.04 Å². The Morgan fingerprint density at radius 1 is 1.50 bits per heavy atom. The summed E-state index contributed by atoms with van der Waals surface area (Å²) in [5.74, 6) is -0.152. The van der Waals surface area contributed by atoms with Crippen molar-refractivity contribution in [3.63, 3.8) is 0 Å². The lowest BCUT2D eigenvalue weighted by Crippen LogP contribution is -2.30. The van der Waals surface area contributed by atoms with Gasteiger partial charge in [0, 0.05) is 25.0 Å². The average molecular weight is 257 g/mol. The van der Waals surface area contributed by atoms with Crippen molar-refractivity contribution in [2.24, 2.45) is 0 Å². The maximum atomic E-state index is 12.1. The largest absolute Gasteiger partial charge is 0.321 e. The van der Waals surface area contributed by atoms with Crippen molar-refractivity contribution in [1.82, 2.24) is 9.88 Å². The van der Waals surface area contributed by atoms with Gasteiger partial charge < -0.3 is 4.90 Å². The minimum absolute atomic E-state index is 0.152. The maximum absolute atomic E-state index is 12.1. The topological polar surface area (TPSA) is 57.0 Å². The quantitative estimate of drug-likeness (QED) is 0.848. The van der Waals surface area contributed by atoms with Crippen LogP contribution < -0.4 is 0 Å². The van der Waals surface area contributed by atoms with Crippen molar-refractivity contribution >= 4 is 17.2 Å². The lowest BCUT2D eigenvalue weighted by Gasteiger charge is -2.22. The standard InChI is InChI=1S/C13H11N3OS/c1-16(13(17)12-5-3-7-18-12)11(8-14)10-4-2-6-15-9-10/h2-7,9,11H,1H3. The van der Waals surface area contributed by atoms with Crippen molar-refractivity contribution in [3.05, 3.63) is 52.5 Å². The van der Waals surface area contributed by atoms with Crippen molar-refractivity contribution in [3.8, 4) is 6.07 Å². The number of amides is 1. The van der Waals surface area contributed by atoms with Gasteiger partial charge in [0.05, 0.1) is 10.9 Å². The van der Waals surface area contributed by atoms with E-state index in [1.807, 2.05) is 11.4 Å². The predicted octanol–water partition coefficient (Wildman–Crippen LogP) is 2.48. The molecule has 0 spiro atoms. The molecule has 2 heterocycles. The molecule has 0 aliphatic heterocycles. The highest BCUT2D eigenvalue weighted by Crippen LogP contribution is 2.21. The van der Waals surface area contributed by atoms with E-state index in [-0.39, 0.29) is 5.91 Å². The maximum Gasteiger partial charge on any atom is 0.264 e. The van der Waals surface area contributed by atoms with Crippen LogP contribution in [0.1, 0.15) is 21.3 Å². The molecule has 90 valence electrons. The van der Waals surface area contributed by atoms with E-state index in [0.717, 1.165) is 0 Å². The molecule has 18 heavy (non-hydrogen) atoms. The van der Waals surface area contributed by atoms with E-state index in [0.29, 0.717) is 10.4 Å². The van der Waals surface area contributed by atoms with E-state index in [1.54, 1.807) is 37.6 Å². The number of nitriles is 1. The highest BCUT2D eigenvalue weighted by molar-refractivity contribution is 7.12. The first-order chi connectivity index (χ1) is 8.74. The minimum atomic E-state index is -0.617. The second kappa shape index (κ2) is 5.43. The monoisotopic (exact) mass is 257 g/mol. The van der Waals surface area contributed by atoms with Gasteiger partial charge in [-0.05, 0) is 17.5 Å². The molecule has 0 bridgehead atoms. The molecule has 2 aromatic rings. The summed E-state index contributed by atoms with van der Waals surface area (Å²) in [5, 5.41) is 11.1. The van der Waals surface area contributed by atoms with Gasteiger partial charge in [-0.3, -0.25) is 9.78 Å². The Morgan fingerprint density at radius 2 is 2.33 bits per heavy atom. The average Bonchev–Trinajstić information content (AvgIpc) is 2.94. The molecule has 0 radical (unpaired) electrons. The third-order valence-electron chi connectivity index (χ3n) is 2.56. The molecular formula is C13H11N3OS. The number of nitrogens with zero attached hydrogens (tertiary/aromatic N) is 3. The van der Waals surface area contributed by atoms with Crippen molar-refractivity contribution < 1.29 is 4.79 Å². The van der Waals surface area contributed by atoms with Gasteiger partial charge in [-0.25, -0.2) is 0 Å². The second-order valence-electron chi connectivity index (χ2n) is 3.71. The molecule has 0 saturated heterocycles. The molecule has 0 fully saturated rings. The molecule has 1 amide bonds. The van der Waals surface area contributed by atoms with E-state index in [1.165, 1.54) is 16.2 Å². The van der Waals surface area contributed by atoms with E-state index >= 15 is 0 Å². The highest BCUT2D eigenvalue weighted by Gasteiger charge is 2.23. The summed E-state index contributed by atoms with van der Waals surface area (Å²) in [6.07, 6.45) is 3.24. The summed E-state index contributed by atoms with van der Waals surface area (Å²) in [5.41, 5.74) is 0.715. The molecule has 0 aliphatic rings. The molecule has 2 rings (SSSR count). The fourth-order valence-electron chi connectivity index (χ4n) is 1.61. The van der Waals surface area contributed by atoms with Crippen LogP contribution in [0.15, 0.2) is 42.0 Å². The predicted molar refractivity (Wildman–Crippen MR) is 69.0 cm³/mol. The first kappa shape index (κ1) is 12.3. The number of aromatic nitrogens is 1. The van der Waals surface area contributed by atoms with Crippen molar-refractivity contribution in [1.29, 1.82) is 5.26 Å². The minimum Gasteiger partial charge on any atom is -0.321 e. The molecular weight excluding hydrogens is 246 g/mol. The van der Waals surface area contributed by atoms with Gasteiger partial charge in [0.2, 0.25) is 0 Å². The molecule has 1 atom stereocenters. The SMILES string of the molecule is CN(C(=O)c1cccs1)C(C#N)c1cccnc1. The highest BCUT2D eigenvalue weighted by atomic mass is 32.1. The molecule has 0 saturated carbocycles. The Hall–Kier alpha value is -2.19. The van der Waals surface area contributed by atoms with Gasteiger partial charge in [-0.15, -0.1) is 11.3 Å². The van der Waals surface area contributed by atoms with E-state index in [4.69, 9.17) is 0 Å². The van der Waals surface area contributed by atoms with Crippen LogP contribution in [0.2, 0.25) is 0 Å². The number of carbonyl (C=O) groups excluding carboxylic acids is 1. The Bertz CT molecular complexity index is 560. The van der Waals surface area contributed by atoms with Gasteiger partial charge in [-0.1, -0.05) is 12.1 Å². The normalized spacial score (nSPS) is 11.6.